The highest BCUT2D eigenvalue weighted by Gasteiger charge is 2.49. The lowest BCUT2D eigenvalue weighted by atomic mass is 9.79. The van der Waals surface area contributed by atoms with Crippen LogP contribution in [0.1, 0.15) is 43.2 Å². The van der Waals surface area contributed by atoms with Gasteiger partial charge in [-0.25, -0.2) is 4.68 Å². The van der Waals surface area contributed by atoms with Crippen molar-refractivity contribution in [2.75, 3.05) is 10.7 Å². The molecule has 2 aliphatic rings. The maximum atomic E-state index is 13.6. The second kappa shape index (κ2) is 8.04. The molecule has 5 rings (SSSR count). The summed E-state index contributed by atoms with van der Waals surface area (Å²) in [6, 6.07) is 16.1. The first-order chi connectivity index (χ1) is 15.1. The van der Waals surface area contributed by atoms with Crippen molar-refractivity contribution >= 4 is 23.4 Å². The van der Waals surface area contributed by atoms with Crippen LogP contribution in [0.2, 0.25) is 0 Å². The van der Waals surface area contributed by atoms with E-state index >= 15 is 0 Å². The molecule has 1 atom stereocenters. The molecule has 1 unspecified atom stereocenters. The molecule has 1 aliphatic heterocycles. The van der Waals surface area contributed by atoms with E-state index in [4.69, 9.17) is 0 Å². The van der Waals surface area contributed by atoms with Crippen LogP contribution in [0.5, 0.6) is 0 Å². The van der Waals surface area contributed by atoms with E-state index in [9.17, 15) is 4.79 Å². The molecule has 1 amide bonds. The first-order valence-corrected chi connectivity index (χ1v) is 11.8. The summed E-state index contributed by atoms with van der Waals surface area (Å²) in [6.07, 6.45) is 5.34. The summed E-state index contributed by atoms with van der Waals surface area (Å²) in [5.74, 6) is 0.824. The smallest absolute Gasteiger partial charge is 0.240 e. The Morgan fingerprint density at radius 2 is 1.84 bits per heavy atom. The molecule has 1 spiro atoms. The number of aryl methyl sites for hydroxylation is 1. The number of benzene rings is 2. The predicted molar refractivity (Wildman–Crippen MR) is 125 cm³/mol. The quantitative estimate of drug-likeness (QED) is 0.613. The largest absolute Gasteiger partial charge is 0.325 e. The Kier molecular flexibility index (Phi) is 5.22. The highest BCUT2D eigenvalue weighted by molar-refractivity contribution is 8.00. The zero-order valence-electron chi connectivity index (χ0n) is 17.9. The number of fused-ring (bicyclic) bond motifs is 1. The third-order valence-corrected chi connectivity index (χ3v) is 7.95. The number of carbonyl (C=O) groups is 1. The maximum absolute atomic E-state index is 13.6. The summed E-state index contributed by atoms with van der Waals surface area (Å²) in [5.41, 5.74) is 7.57. The molecule has 1 saturated carbocycles. The Bertz CT molecular complexity index is 1100. The molecule has 1 aromatic heterocycles. The highest BCUT2D eigenvalue weighted by atomic mass is 32.2. The summed E-state index contributed by atoms with van der Waals surface area (Å²) in [7, 11) is 0. The standard InChI is InChI=1S/C24H27N5OS/c1-16-10-9-13-19(17(16)2)25-22(30)20-24(14-7-4-8-15-24)28-29-21(26-27-23(29)31-20)18-11-5-3-6-12-18/h3,5-6,9-13,20,28H,4,7-8,14-15H2,1-2H3,(H,25,30). The summed E-state index contributed by atoms with van der Waals surface area (Å²) in [5, 5.41) is 12.5. The molecule has 160 valence electrons. The van der Waals surface area contributed by atoms with E-state index in [1.54, 1.807) is 0 Å². The van der Waals surface area contributed by atoms with Crippen LogP contribution in [0.25, 0.3) is 11.4 Å². The topological polar surface area (TPSA) is 71.8 Å². The fraction of sp³-hybridized carbons (Fsp3) is 0.375. The van der Waals surface area contributed by atoms with E-state index in [1.807, 2.05) is 47.1 Å². The van der Waals surface area contributed by atoms with Crippen LogP contribution in [0.3, 0.4) is 0 Å². The van der Waals surface area contributed by atoms with Crippen LogP contribution < -0.4 is 10.7 Å². The second-order valence-corrected chi connectivity index (χ2v) is 9.64. The van der Waals surface area contributed by atoms with Crippen LogP contribution in [0.15, 0.2) is 53.7 Å². The predicted octanol–water partition coefficient (Wildman–Crippen LogP) is 4.92. The van der Waals surface area contributed by atoms with E-state index in [-0.39, 0.29) is 16.7 Å². The molecule has 1 fully saturated rings. The average molecular weight is 434 g/mol. The number of anilines is 1. The van der Waals surface area contributed by atoms with Gasteiger partial charge in [-0.15, -0.1) is 10.2 Å². The molecule has 0 saturated heterocycles. The first-order valence-electron chi connectivity index (χ1n) is 10.9. The normalized spacial score (nSPS) is 19.5. The molecular formula is C24H27N5OS. The fourth-order valence-electron chi connectivity index (χ4n) is 4.67. The van der Waals surface area contributed by atoms with Crippen molar-refractivity contribution in [2.24, 2.45) is 0 Å². The van der Waals surface area contributed by atoms with E-state index in [0.717, 1.165) is 53.5 Å². The molecule has 31 heavy (non-hydrogen) atoms. The molecule has 6 nitrogen and oxygen atoms in total. The number of hydrogen-bond acceptors (Lipinski definition) is 5. The van der Waals surface area contributed by atoms with Gasteiger partial charge in [0.15, 0.2) is 5.82 Å². The number of carbonyl (C=O) groups excluding carboxylic acids is 1. The molecular weight excluding hydrogens is 406 g/mol. The van der Waals surface area contributed by atoms with Gasteiger partial charge in [0.1, 0.15) is 5.25 Å². The highest BCUT2D eigenvalue weighted by Crippen LogP contribution is 2.44. The van der Waals surface area contributed by atoms with Crippen molar-refractivity contribution in [1.29, 1.82) is 0 Å². The summed E-state index contributed by atoms with van der Waals surface area (Å²) in [6.45, 7) is 4.12. The fourth-order valence-corrected chi connectivity index (χ4v) is 5.88. The molecule has 2 aromatic carbocycles. The van der Waals surface area contributed by atoms with Crippen LogP contribution in [0, 0.1) is 13.8 Å². The number of nitrogens with zero attached hydrogens (tertiary/aromatic N) is 3. The molecule has 1 aliphatic carbocycles. The van der Waals surface area contributed by atoms with Gasteiger partial charge in [0.05, 0.1) is 5.54 Å². The van der Waals surface area contributed by atoms with E-state index in [0.29, 0.717) is 0 Å². The van der Waals surface area contributed by atoms with Crippen molar-refractivity contribution in [3.63, 3.8) is 0 Å². The van der Waals surface area contributed by atoms with Crippen molar-refractivity contribution in [2.45, 2.75) is 61.9 Å². The molecule has 0 bridgehead atoms. The molecule has 2 heterocycles. The minimum atomic E-state index is -0.316. The van der Waals surface area contributed by atoms with Gasteiger partial charge in [0.25, 0.3) is 0 Å². The van der Waals surface area contributed by atoms with Crippen LogP contribution in [-0.2, 0) is 4.79 Å². The van der Waals surface area contributed by atoms with Crippen LogP contribution >= 0.6 is 11.8 Å². The minimum absolute atomic E-state index is 0.0311. The van der Waals surface area contributed by atoms with Crippen molar-refractivity contribution in [1.82, 2.24) is 14.9 Å². The lowest BCUT2D eigenvalue weighted by Gasteiger charge is -2.46. The Hall–Kier alpha value is -2.80. The summed E-state index contributed by atoms with van der Waals surface area (Å²) < 4.78 is 1.99. The van der Waals surface area contributed by atoms with Gasteiger partial charge in [-0.3, -0.25) is 4.79 Å². The third-order valence-electron chi connectivity index (χ3n) is 6.57. The minimum Gasteiger partial charge on any atom is -0.325 e. The van der Waals surface area contributed by atoms with Gasteiger partial charge >= 0.3 is 0 Å². The molecule has 2 N–H and O–H groups in total. The number of nitrogens with one attached hydrogen (secondary N) is 2. The van der Waals surface area contributed by atoms with Gasteiger partial charge in [-0.05, 0) is 43.9 Å². The number of thioether (sulfide) groups is 1. The van der Waals surface area contributed by atoms with Crippen LogP contribution in [-0.4, -0.2) is 31.6 Å². The zero-order valence-corrected chi connectivity index (χ0v) is 18.7. The van der Waals surface area contributed by atoms with Crippen molar-refractivity contribution < 1.29 is 4.79 Å². The Labute approximate surface area is 186 Å². The molecule has 7 heteroatoms. The van der Waals surface area contributed by atoms with E-state index < -0.39 is 0 Å². The van der Waals surface area contributed by atoms with E-state index in [2.05, 4.69) is 40.9 Å². The van der Waals surface area contributed by atoms with Gasteiger partial charge < -0.3 is 10.7 Å². The number of hydrogen-bond donors (Lipinski definition) is 2. The van der Waals surface area contributed by atoms with Crippen molar-refractivity contribution in [3.8, 4) is 11.4 Å². The number of rotatable bonds is 3. The summed E-state index contributed by atoms with van der Waals surface area (Å²) >= 11 is 1.53. The van der Waals surface area contributed by atoms with Gasteiger partial charge in [-0.1, -0.05) is 73.5 Å². The monoisotopic (exact) mass is 433 g/mol. The number of aromatic nitrogens is 3. The van der Waals surface area contributed by atoms with Gasteiger partial charge in [0, 0.05) is 11.3 Å². The summed E-state index contributed by atoms with van der Waals surface area (Å²) in [4.78, 5) is 13.6. The van der Waals surface area contributed by atoms with Gasteiger partial charge in [-0.2, -0.15) is 0 Å². The third kappa shape index (κ3) is 3.61. The lowest BCUT2D eigenvalue weighted by Crippen LogP contribution is -2.59. The zero-order chi connectivity index (χ0) is 21.4. The molecule has 0 radical (unpaired) electrons. The van der Waals surface area contributed by atoms with E-state index in [1.165, 1.54) is 23.7 Å². The average Bonchev–Trinajstić information content (AvgIpc) is 3.19. The maximum Gasteiger partial charge on any atom is 0.240 e. The van der Waals surface area contributed by atoms with Gasteiger partial charge in [0.2, 0.25) is 11.1 Å². The lowest BCUT2D eigenvalue weighted by molar-refractivity contribution is -0.117. The van der Waals surface area contributed by atoms with Crippen molar-refractivity contribution in [3.05, 3.63) is 59.7 Å². The Morgan fingerprint density at radius 3 is 2.61 bits per heavy atom. The molecule has 3 aromatic rings. The van der Waals surface area contributed by atoms with Crippen LogP contribution in [0.4, 0.5) is 5.69 Å². The Morgan fingerprint density at radius 1 is 1.06 bits per heavy atom. The number of amides is 1. The SMILES string of the molecule is Cc1cccc(NC(=O)C2Sc3nnc(-c4ccccc4)n3NC23CCCCC3)c1C. The Balaban J connectivity index is 1.50. The first kappa shape index (κ1) is 20.1. The second-order valence-electron chi connectivity index (χ2n) is 8.57.